The van der Waals surface area contributed by atoms with E-state index >= 15 is 0 Å². The Hall–Kier alpha value is -2.61. The Morgan fingerprint density at radius 1 is 1.09 bits per heavy atom. The molecule has 1 amide bonds. The van der Waals surface area contributed by atoms with Crippen molar-refractivity contribution in [1.82, 2.24) is 4.90 Å². The van der Waals surface area contributed by atoms with Crippen LogP contribution in [0.25, 0.3) is 0 Å². The maximum absolute atomic E-state index is 12.6. The topological polar surface area (TPSA) is 58.6 Å². The van der Waals surface area contributed by atoms with Crippen LogP contribution in [0.1, 0.15) is 39.2 Å². The Labute approximate surface area is 203 Å². The lowest BCUT2D eigenvalue weighted by atomic mass is 10.0. The third kappa shape index (κ3) is 6.25. The van der Waals surface area contributed by atoms with Crippen molar-refractivity contribution >= 4 is 40.0 Å². The van der Waals surface area contributed by atoms with Crippen molar-refractivity contribution in [2.24, 2.45) is 0 Å². The van der Waals surface area contributed by atoms with E-state index in [1.807, 2.05) is 24.3 Å². The van der Waals surface area contributed by atoms with E-state index < -0.39 is 0 Å². The molecule has 0 saturated carbocycles. The molecule has 5 nitrogen and oxygen atoms in total. The van der Waals surface area contributed by atoms with E-state index in [0.717, 1.165) is 48.7 Å². The molecule has 33 heavy (non-hydrogen) atoms. The Bertz CT molecular complexity index is 1080. The number of hydrogen-bond acceptors (Lipinski definition) is 6. The van der Waals surface area contributed by atoms with Gasteiger partial charge in [-0.05, 0) is 41.9 Å². The molecular weight excluding hydrogens is 452 g/mol. The van der Waals surface area contributed by atoms with Crippen molar-refractivity contribution in [2.45, 2.75) is 37.2 Å². The van der Waals surface area contributed by atoms with E-state index in [4.69, 9.17) is 4.74 Å². The molecule has 1 aliphatic rings. The van der Waals surface area contributed by atoms with Crippen molar-refractivity contribution in [3.05, 3.63) is 82.2 Å². The molecule has 4 rings (SSSR count). The second-order valence-corrected chi connectivity index (χ2v) is 10.2. The standard InChI is InChI=1S/C26H28N2O3S2/c1-31-26(30)24-21-14-15-28(17-19-9-4-2-5-10-19)18-22(21)33-25(24)27-23(29)13-8-16-32-20-11-6-3-7-12-20/h2-7,9-12H,8,13-18H2,1H3,(H,27,29). The zero-order valence-corrected chi connectivity index (χ0v) is 20.3. The summed E-state index contributed by atoms with van der Waals surface area (Å²) in [7, 11) is 1.39. The number of hydrogen-bond donors (Lipinski definition) is 1. The first-order valence-corrected chi connectivity index (χ1v) is 12.9. The van der Waals surface area contributed by atoms with Crippen molar-refractivity contribution < 1.29 is 14.3 Å². The van der Waals surface area contributed by atoms with Gasteiger partial charge in [0.2, 0.25) is 5.91 Å². The summed E-state index contributed by atoms with van der Waals surface area (Å²) in [5, 5.41) is 3.62. The molecule has 7 heteroatoms. The minimum atomic E-state index is -0.376. The van der Waals surface area contributed by atoms with Crippen LogP contribution in [0.15, 0.2) is 65.6 Å². The summed E-state index contributed by atoms with van der Waals surface area (Å²) < 4.78 is 5.05. The second kappa shape index (κ2) is 11.5. The van der Waals surface area contributed by atoms with Gasteiger partial charge in [0.15, 0.2) is 0 Å². The van der Waals surface area contributed by atoms with E-state index in [9.17, 15) is 9.59 Å². The molecule has 3 aromatic rings. The van der Waals surface area contributed by atoms with Crippen LogP contribution in [0.3, 0.4) is 0 Å². The van der Waals surface area contributed by atoms with Gasteiger partial charge in [-0.15, -0.1) is 23.1 Å². The summed E-state index contributed by atoms with van der Waals surface area (Å²) in [6.45, 7) is 2.50. The SMILES string of the molecule is COC(=O)c1c(NC(=O)CCCSc2ccccc2)sc2c1CCN(Cc1ccccc1)C2. The highest BCUT2D eigenvalue weighted by Gasteiger charge is 2.29. The molecule has 0 radical (unpaired) electrons. The summed E-state index contributed by atoms with van der Waals surface area (Å²) in [5.41, 5.74) is 2.82. The predicted molar refractivity (Wildman–Crippen MR) is 135 cm³/mol. The number of thioether (sulfide) groups is 1. The van der Waals surface area contributed by atoms with Crippen molar-refractivity contribution in [2.75, 3.05) is 24.7 Å². The van der Waals surface area contributed by atoms with Crippen molar-refractivity contribution in [3.63, 3.8) is 0 Å². The van der Waals surface area contributed by atoms with Gasteiger partial charge >= 0.3 is 5.97 Å². The normalized spacial score (nSPS) is 13.4. The Kier molecular flexibility index (Phi) is 8.20. The molecule has 0 spiro atoms. The quantitative estimate of drug-likeness (QED) is 0.245. The van der Waals surface area contributed by atoms with Crippen LogP contribution in [0.5, 0.6) is 0 Å². The first-order chi connectivity index (χ1) is 16.1. The minimum Gasteiger partial charge on any atom is -0.465 e. The largest absolute Gasteiger partial charge is 0.465 e. The Balaban J connectivity index is 1.38. The average molecular weight is 481 g/mol. The lowest BCUT2D eigenvalue weighted by Crippen LogP contribution is -2.29. The van der Waals surface area contributed by atoms with E-state index in [-0.39, 0.29) is 11.9 Å². The van der Waals surface area contributed by atoms with Crippen LogP contribution in [-0.2, 0) is 29.0 Å². The van der Waals surface area contributed by atoms with Gasteiger partial charge in [0.1, 0.15) is 5.00 Å². The summed E-state index contributed by atoms with van der Waals surface area (Å²) in [5.74, 6) is 0.434. The molecule has 0 atom stereocenters. The first kappa shape index (κ1) is 23.5. The molecule has 0 unspecified atom stereocenters. The first-order valence-electron chi connectivity index (χ1n) is 11.1. The van der Waals surface area contributed by atoms with Crippen LogP contribution >= 0.6 is 23.1 Å². The van der Waals surface area contributed by atoms with Gasteiger partial charge in [0.25, 0.3) is 0 Å². The maximum Gasteiger partial charge on any atom is 0.341 e. The molecule has 1 aromatic heterocycles. The number of thiophene rings is 1. The lowest BCUT2D eigenvalue weighted by Gasteiger charge is -2.27. The number of nitrogens with one attached hydrogen (secondary N) is 1. The fourth-order valence-corrected chi connectivity index (χ4v) is 6.14. The van der Waals surface area contributed by atoms with E-state index in [1.54, 1.807) is 11.8 Å². The van der Waals surface area contributed by atoms with Gasteiger partial charge in [-0.3, -0.25) is 9.69 Å². The number of esters is 1. The number of carbonyl (C=O) groups excluding carboxylic acids is 2. The van der Waals surface area contributed by atoms with Gasteiger partial charge < -0.3 is 10.1 Å². The fourth-order valence-electron chi connectivity index (χ4n) is 3.97. The van der Waals surface area contributed by atoms with E-state index in [2.05, 4.69) is 46.6 Å². The molecule has 1 aliphatic heterocycles. The van der Waals surface area contributed by atoms with Crippen LogP contribution in [0.4, 0.5) is 5.00 Å². The van der Waals surface area contributed by atoms with Crippen LogP contribution < -0.4 is 5.32 Å². The molecule has 172 valence electrons. The molecule has 0 aliphatic carbocycles. The third-order valence-corrected chi connectivity index (χ3v) is 7.82. The van der Waals surface area contributed by atoms with Crippen molar-refractivity contribution in [3.8, 4) is 0 Å². The monoisotopic (exact) mass is 480 g/mol. The van der Waals surface area contributed by atoms with E-state index in [0.29, 0.717) is 17.0 Å². The van der Waals surface area contributed by atoms with Gasteiger partial charge in [0, 0.05) is 35.8 Å². The number of rotatable bonds is 9. The summed E-state index contributed by atoms with van der Waals surface area (Å²) >= 11 is 3.25. The molecule has 0 bridgehead atoms. The van der Waals surface area contributed by atoms with Gasteiger partial charge in [-0.1, -0.05) is 48.5 Å². The van der Waals surface area contributed by atoms with Crippen LogP contribution in [-0.4, -0.2) is 36.2 Å². The van der Waals surface area contributed by atoms with Crippen LogP contribution in [0, 0.1) is 0 Å². The van der Waals surface area contributed by atoms with Gasteiger partial charge in [-0.25, -0.2) is 4.79 Å². The molecule has 2 aromatic carbocycles. The Morgan fingerprint density at radius 3 is 2.55 bits per heavy atom. The molecule has 0 saturated heterocycles. The predicted octanol–water partition coefficient (Wildman–Crippen LogP) is 5.60. The highest BCUT2D eigenvalue weighted by Crippen LogP contribution is 2.38. The van der Waals surface area contributed by atoms with Crippen LogP contribution in [0.2, 0.25) is 0 Å². The van der Waals surface area contributed by atoms with E-state index in [1.165, 1.54) is 28.9 Å². The molecule has 1 N–H and O–H groups in total. The maximum atomic E-state index is 12.6. The third-order valence-electron chi connectivity index (χ3n) is 5.59. The summed E-state index contributed by atoms with van der Waals surface area (Å²) in [6.07, 6.45) is 1.96. The number of amides is 1. The zero-order valence-electron chi connectivity index (χ0n) is 18.7. The number of ether oxygens (including phenoxy) is 1. The summed E-state index contributed by atoms with van der Waals surface area (Å²) in [6, 6.07) is 20.6. The highest BCUT2D eigenvalue weighted by atomic mass is 32.2. The average Bonchev–Trinajstić information content (AvgIpc) is 3.19. The van der Waals surface area contributed by atoms with Gasteiger partial charge in [-0.2, -0.15) is 0 Å². The molecule has 2 heterocycles. The number of nitrogens with zero attached hydrogens (tertiary/aromatic N) is 1. The minimum absolute atomic E-state index is 0.0615. The highest BCUT2D eigenvalue weighted by molar-refractivity contribution is 7.99. The fraction of sp³-hybridized carbons (Fsp3) is 0.308. The zero-order chi connectivity index (χ0) is 23.0. The Morgan fingerprint density at radius 2 is 1.82 bits per heavy atom. The number of carbonyl (C=O) groups is 2. The number of fused-ring (bicyclic) bond motifs is 1. The number of benzene rings is 2. The molecular formula is C26H28N2O3S2. The lowest BCUT2D eigenvalue weighted by molar-refractivity contribution is -0.116. The smallest absolute Gasteiger partial charge is 0.341 e. The van der Waals surface area contributed by atoms with Gasteiger partial charge in [0.05, 0.1) is 12.7 Å². The second-order valence-electron chi connectivity index (χ2n) is 7.96. The molecule has 0 fully saturated rings. The number of methoxy groups -OCH3 is 1. The number of anilines is 1. The van der Waals surface area contributed by atoms with Crippen molar-refractivity contribution in [1.29, 1.82) is 0 Å². The summed E-state index contributed by atoms with van der Waals surface area (Å²) in [4.78, 5) is 29.9.